The first kappa shape index (κ1) is 17.8. The molecular weight excluding hydrogens is 323 g/mol. The smallest absolute Gasteiger partial charge is 0.469 e. The summed E-state index contributed by atoms with van der Waals surface area (Å²) in [5.41, 5.74) is 8.22. The summed E-state index contributed by atoms with van der Waals surface area (Å²) in [5, 5.41) is 0. The van der Waals surface area contributed by atoms with Gasteiger partial charge in [-0.05, 0) is 28.8 Å². The molecule has 0 aromatic heterocycles. The standard InChI is InChI=1S/C17H16F3NO3/c1-23-16(22)10-15(21)13-4-2-11(3-5-13)12-6-8-14(9-7-12)24-17(18,19)20/h2-9,15H,10,21H2,1H3. The third-order valence-electron chi connectivity index (χ3n) is 3.37. The highest BCUT2D eigenvalue weighted by atomic mass is 19.4. The van der Waals surface area contributed by atoms with E-state index in [2.05, 4.69) is 9.47 Å². The first-order valence-electron chi connectivity index (χ1n) is 7.07. The van der Waals surface area contributed by atoms with Crippen molar-refractivity contribution in [3.8, 4) is 16.9 Å². The van der Waals surface area contributed by atoms with E-state index in [0.29, 0.717) is 0 Å². The summed E-state index contributed by atoms with van der Waals surface area (Å²) in [5.74, 6) is -0.671. The molecule has 2 N–H and O–H groups in total. The number of ether oxygens (including phenoxy) is 2. The van der Waals surface area contributed by atoms with Gasteiger partial charge in [-0.3, -0.25) is 4.79 Å². The van der Waals surface area contributed by atoms with E-state index in [9.17, 15) is 18.0 Å². The highest BCUT2D eigenvalue weighted by Crippen LogP contribution is 2.27. The van der Waals surface area contributed by atoms with Crippen LogP contribution in [-0.4, -0.2) is 19.4 Å². The van der Waals surface area contributed by atoms with Crippen molar-refractivity contribution in [1.29, 1.82) is 0 Å². The van der Waals surface area contributed by atoms with Crippen LogP contribution in [0.25, 0.3) is 11.1 Å². The molecule has 0 saturated carbocycles. The Hall–Kier alpha value is -2.54. The van der Waals surface area contributed by atoms with Crippen LogP contribution in [0.3, 0.4) is 0 Å². The van der Waals surface area contributed by atoms with E-state index in [1.807, 2.05) is 0 Å². The topological polar surface area (TPSA) is 61.5 Å². The Bertz CT molecular complexity index is 682. The number of halogens is 3. The second-order valence-corrected chi connectivity index (χ2v) is 5.08. The number of rotatable bonds is 5. The Morgan fingerprint density at radius 1 is 1.04 bits per heavy atom. The van der Waals surface area contributed by atoms with Crippen molar-refractivity contribution in [2.24, 2.45) is 5.73 Å². The fourth-order valence-corrected chi connectivity index (χ4v) is 2.15. The Balaban J connectivity index is 2.09. The van der Waals surface area contributed by atoms with Crippen molar-refractivity contribution in [3.05, 3.63) is 54.1 Å². The van der Waals surface area contributed by atoms with E-state index >= 15 is 0 Å². The van der Waals surface area contributed by atoms with Crippen LogP contribution in [-0.2, 0) is 9.53 Å². The van der Waals surface area contributed by atoms with Gasteiger partial charge < -0.3 is 15.2 Å². The molecule has 0 fully saturated rings. The molecule has 0 saturated heterocycles. The van der Waals surface area contributed by atoms with Crippen LogP contribution >= 0.6 is 0 Å². The number of benzene rings is 2. The van der Waals surface area contributed by atoms with Crippen LogP contribution in [0.4, 0.5) is 13.2 Å². The number of hydrogen-bond donors (Lipinski definition) is 1. The zero-order valence-corrected chi connectivity index (χ0v) is 12.8. The van der Waals surface area contributed by atoms with E-state index in [-0.39, 0.29) is 12.2 Å². The third-order valence-corrected chi connectivity index (χ3v) is 3.37. The van der Waals surface area contributed by atoms with Crippen LogP contribution in [0.5, 0.6) is 5.75 Å². The zero-order chi connectivity index (χ0) is 17.7. The molecule has 0 amide bonds. The predicted molar refractivity (Wildman–Crippen MR) is 82.1 cm³/mol. The molecule has 128 valence electrons. The molecule has 1 unspecified atom stereocenters. The molecule has 0 spiro atoms. The number of hydrogen-bond acceptors (Lipinski definition) is 4. The minimum Gasteiger partial charge on any atom is -0.469 e. The second kappa shape index (κ2) is 7.35. The summed E-state index contributed by atoms with van der Waals surface area (Å²) in [6.45, 7) is 0. The molecule has 2 rings (SSSR count). The minimum atomic E-state index is -4.71. The molecule has 24 heavy (non-hydrogen) atoms. The fourth-order valence-electron chi connectivity index (χ4n) is 2.15. The molecule has 2 aromatic rings. The Morgan fingerprint density at radius 3 is 2.00 bits per heavy atom. The summed E-state index contributed by atoms with van der Waals surface area (Å²) >= 11 is 0. The summed E-state index contributed by atoms with van der Waals surface area (Å²) in [4.78, 5) is 11.2. The number of nitrogens with two attached hydrogens (primary N) is 1. The first-order chi connectivity index (χ1) is 11.3. The van der Waals surface area contributed by atoms with Gasteiger partial charge in [-0.15, -0.1) is 13.2 Å². The van der Waals surface area contributed by atoms with Crippen molar-refractivity contribution in [3.63, 3.8) is 0 Å². The van der Waals surface area contributed by atoms with Crippen molar-refractivity contribution in [2.45, 2.75) is 18.8 Å². The number of alkyl halides is 3. The highest BCUT2D eigenvalue weighted by Gasteiger charge is 2.30. The van der Waals surface area contributed by atoms with Gasteiger partial charge in [0.05, 0.1) is 13.5 Å². The molecular formula is C17H16F3NO3. The van der Waals surface area contributed by atoms with Crippen molar-refractivity contribution in [2.75, 3.05) is 7.11 Å². The SMILES string of the molecule is COC(=O)CC(N)c1ccc(-c2ccc(OC(F)(F)F)cc2)cc1. The maximum absolute atomic E-state index is 12.1. The van der Waals surface area contributed by atoms with Crippen molar-refractivity contribution >= 4 is 5.97 Å². The number of carbonyl (C=O) groups excluding carboxylic acids is 1. The largest absolute Gasteiger partial charge is 0.573 e. The number of carbonyl (C=O) groups is 1. The van der Waals surface area contributed by atoms with Crippen LogP contribution in [0.1, 0.15) is 18.0 Å². The summed E-state index contributed by atoms with van der Waals surface area (Å²) in [6.07, 6.45) is -4.64. The third kappa shape index (κ3) is 4.99. The minimum absolute atomic E-state index is 0.0688. The number of esters is 1. The summed E-state index contributed by atoms with van der Waals surface area (Å²) < 4.78 is 44.8. The lowest BCUT2D eigenvalue weighted by Gasteiger charge is -2.12. The summed E-state index contributed by atoms with van der Waals surface area (Å²) in [6, 6.07) is 12.2. The molecule has 0 heterocycles. The molecule has 4 nitrogen and oxygen atoms in total. The second-order valence-electron chi connectivity index (χ2n) is 5.08. The molecule has 0 radical (unpaired) electrons. The van der Waals surface area contributed by atoms with Crippen LogP contribution < -0.4 is 10.5 Å². The zero-order valence-electron chi connectivity index (χ0n) is 12.8. The fraction of sp³-hybridized carbons (Fsp3) is 0.235. The Labute approximate surface area is 137 Å². The number of methoxy groups -OCH3 is 1. The van der Waals surface area contributed by atoms with E-state index < -0.39 is 18.4 Å². The van der Waals surface area contributed by atoms with Gasteiger partial charge in [0.25, 0.3) is 0 Å². The molecule has 0 bridgehead atoms. The first-order valence-corrected chi connectivity index (χ1v) is 7.07. The lowest BCUT2D eigenvalue weighted by Crippen LogP contribution is -2.16. The van der Waals surface area contributed by atoms with Gasteiger partial charge in [0.1, 0.15) is 5.75 Å². The monoisotopic (exact) mass is 339 g/mol. The van der Waals surface area contributed by atoms with Crippen molar-refractivity contribution in [1.82, 2.24) is 0 Å². The van der Waals surface area contributed by atoms with E-state index in [1.54, 1.807) is 24.3 Å². The maximum atomic E-state index is 12.1. The average Bonchev–Trinajstić information content (AvgIpc) is 2.54. The van der Waals surface area contributed by atoms with Gasteiger partial charge in [0.2, 0.25) is 0 Å². The van der Waals surface area contributed by atoms with Gasteiger partial charge in [-0.1, -0.05) is 36.4 Å². The molecule has 7 heteroatoms. The normalized spacial score (nSPS) is 12.5. The van der Waals surface area contributed by atoms with Gasteiger partial charge in [0, 0.05) is 6.04 Å². The van der Waals surface area contributed by atoms with Gasteiger partial charge in [-0.25, -0.2) is 0 Å². The lowest BCUT2D eigenvalue weighted by molar-refractivity contribution is -0.274. The molecule has 1 atom stereocenters. The molecule has 0 aliphatic rings. The molecule has 2 aromatic carbocycles. The highest BCUT2D eigenvalue weighted by molar-refractivity contribution is 5.70. The maximum Gasteiger partial charge on any atom is 0.573 e. The molecule has 0 aliphatic heterocycles. The lowest BCUT2D eigenvalue weighted by atomic mass is 9.99. The average molecular weight is 339 g/mol. The van der Waals surface area contributed by atoms with E-state index in [0.717, 1.165) is 16.7 Å². The van der Waals surface area contributed by atoms with Crippen LogP contribution in [0.2, 0.25) is 0 Å². The van der Waals surface area contributed by atoms with E-state index in [1.165, 1.54) is 31.4 Å². The quantitative estimate of drug-likeness (QED) is 0.842. The predicted octanol–water partition coefficient (Wildman–Crippen LogP) is 3.82. The van der Waals surface area contributed by atoms with Crippen LogP contribution in [0, 0.1) is 0 Å². The van der Waals surface area contributed by atoms with Gasteiger partial charge in [0.15, 0.2) is 0 Å². The Kier molecular flexibility index (Phi) is 5.46. The van der Waals surface area contributed by atoms with Gasteiger partial charge >= 0.3 is 12.3 Å². The van der Waals surface area contributed by atoms with Crippen LogP contribution in [0.15, 0.2) is 48.5 Å². The molecule has 0 aliphatic carbocycles. The van der Waals surface area contributed by atoms with E-state index in [4.69, 9.17) is 5.73 Å². The Morgan fingerprint density at radius 2 is 1.54 bits per heavy atom. The summed E-state index contributed by atoms with van der Waals surface area (Å²) in [7, 11) is 1.30. The van der Waals surface area contributed by atoms with Crippen molar-refractivity contribution < 1.29 is 27.4 Å². The van der Waals surface area contributed by atoms with Gasteiger partial charge in [-0.2, -0.15) is 0 Å².